The van der Waals surface area contributed by atoms with Crippen LogP contribution in [-0.4, -0.2) is 14.8 Å². The van der Waals surface area contributed by atoms with Crippen molar-refractivity contribution in [2.45, 2.75) is 13.1 Å². The van der Waals surface area contributed by atoms with Gasteiger partial charge in [0.15, 0.2) is 5.65 Å². The molecule has 0 spiro atoms. The zero-order chi connectivity index (χ0) is 22.3. The molecule has 0 amide bonds. The first-order valence-electron chi connectivity index (χ1n) is 10.1. The van der Waals surface area contributed by atoms with E-state index in [2.05, 4.69) is 10.1 Å². The predicted octanol–water partition coefficient (Wildman–Crippen LogP) is 7.08. The van der Waals surface area contributed by atoms with Crippen LogP contribution >= 0.6 is 0 Å². The van der Waals surface area contributed by atoms with E-state index in [0.29, 0.717) is 16.8 Å². The van der Waals surface area contributed by atoms with E-state index in [1.807, 2.05) is 43.3 Å². The van der Waals surface area contributed by atoms with Crippen LogP contribution < -0.4 is 0 Å². The summed E-state index contributed by atoms with van der Waals surface area (Å²) in [4.78, 5) is 4.66. The van der Waals surface area contributed by atoms with Gasteiger partial charge in [0.1, 0.15) is 5.69 Å². The van der Waals surface area contributed by atoms with Gasteiger partial charge in [0.05, 0.1) is 22.3 Å². The molecular formula is C26H18F3N3. The monoisotopic (exact) mass is 429 g/mol. The summed E-state index contributed by atoms with van der Waals surface area (Å²) < 4.78 is 44.5. The van der Waals surface area contributed by atoms with Crippen molar-refractivity contribution in [3.8, 4) is 28.2 Å². The molecule has 0 aliphatic heterocycles. The highest BCUT2D eigenvalue weighted by atomic mass is 19.4. The average molecular weight is 429 g/mol. The summed E-state index contributed by atoms with van der Waals surface area (Å²) >= 11 is 0. The van der Waals surface area contributed by atoms with Gasteiger partial charge >= 0.3 is 6.18 Å². The molecule has 2 heterocycles. The molecule has 0 radical (unpaired) electrons. The lowest BCUT2D eigenvalue weighted by Crippen LogP contribution is -2.08. The van der Waals surface area contributed by atoms with Gasteiger partial charge in [-0.25, -0.2) is 9.67 Å². The number of nitrogens with zero attached hydrogens (tertiary/aromatic N) is 3. The third kappa shape index (κ3) is 3.54. The Kier molecular flexibility index (Phi) is 4.78. The smallest absolute Gasteiger partial charge is 0.228 e. The molecule has 0 aliphatic rings. The Morgan fingerprint density at radius 2 is 1.38 bits per heavy atom. The summed E-state index contributed by atoms with van der Waals surface area (Å²) in [5.41, 5.74) is 2.79. The largest absolute Gasteiger partial charge is 0.417 e. The lowest BCUT2D eigenvalue weighted by Gasteiger charge is -2.12. The maximum Gasteiger partial charge on any atom is 0.417 e. The van der Waals surface area contributed by atoms with Gasteiger partial charge in [-0.3, -0.25) is 0 Å². The molecule has 158 valence electrons. The molecule has 32 heavy (non-hydrogen) atoms. The van der Waals surface area contributed by atoms with Crippen LogP contribution in [0.15, 0.2) is 91.0 Å². The third-order valence-corrected chi connectivity index (χ3v) is 5.34. The summed E-state index contributed by atoms with van der Waals surface area (Å²) in [6.45, 7) is 1.93. The zero-order valence-corrected chi connectivity index (χ0v) is 17.1. The van der Waals surface area contributed by atoms with Crippen molar-refractivity contribution in [2.24, 2.45) is 0 Å². The minimum Gasteiger partial charge on any atom is -0.228 e. The summed E-state index contributed by atoms with van der Waals surface area (Å²) in [7, 11) is 0. The number of benzene rings is 3. The van der Waals surface area contributed by atoms with Crippen LogP contribution in [0.1, 0.15) is 11.1 Å². The van der Waals surface area contributed by atoms with Crippen molar-refractivity contribution < 1.29 is 13.2 Å². The first kappa shape index (κ1) is 20.0. The topological polar surface area (TPSA) is 30.7 Å². The standard InChI is InChI=1S/C26H18F3N3/c1-17-12-14-19(15-13-17)24-23-21(26(27,28)29)16-22(18-8-4-2-5-9-18)30-25(23)32(31-24)20-10-6-3-7-11-20/h2-16H,1H3. The first-order valence-corrected chi connectivity index (χ1v) is 10.1. The molecule has 0 N–H and O–H groups in total. The molecule has 0 fully saturated rings. The third-order valence-electron chi connectivity index (χ3n) is 5.34. The zero-order valence-electron chi connectivity index (χ0n) is 17.1. The number of pyridine rings is 1. The van der Waals surface area contributed by atoms with Crippen LogP contribution in [0.25, 0.3) is 39.2 Å². The summed E-state index contributed by atoms with van der Waals surface area (Å²) in [5, 5.41) is 4.61. The van der Waals surface area contributed by atoms with Gasteiger partial charge in [-0.1, -0.05) is 78.4 Å². The quantitative estimate of drug-likeness (QED) is 0.307. The van der Waals surface area contributed by atoms with Gasteiger partial charge in [-0.05, 0) is 25.1 Å². The second-order valence-electron chi connectivity index (χ2n) is 7.58. The maximum atomic E-state index is 14.3. The fourth-order valence-electron chi connectivity index (χ4n) is 3.76. The predicted molar refractivity (Wildman–Crippen MR) is 119 cm³/mol. The van der Waals surface area contributed by atoms with Gasteiger partial charge in [0, 0.05) is 11.1 Å². The number of hydrogen-bond donors (Lipinski definition) is 0. The van der Waals surface area contributed by atoms with E-state index in [0.717, 1.165) is 11.6 Å². The van der Waals surface area contributed by atoms with Crippen molar-refractivity contribution in [1.82, 2.24) is 14.8 Å². The van der Waals surface area contributed by atoms with Gasteiger partial charge in [-0.2, -0.15) is 18.3 Å². The fraction of sp³-hybridized carbons (Fsp3) is 0.0769. The number of aryl methyl sites for hydroxylation is 1. The molecule has 6 heteroatoms. The van der Waals surface area contributed by atoms with E-state index in [9.17, 15) is 13.2 Å². The van der Waals surface area contributed by atoms with Crippen LogP contribution in [-0.2, 0) is 6.18 Å². The van der Waals surface area contributed by atoms with Gasteiger partial charge in [0.2, 0.25) is 0 Å². The number of para-hydroxylation sites is 1. The van der Waals surface area contributed by atoms with Crippen molar-refractivity contribution >= 4 is 11.0 Å². The Hall–Kier alpha value is -3.93. The molecule has 3 nitrogen and oxygen atoms in total. The fourth-order valence-corrected chi connectivity index (χ4v) is 3.76. The Labute approximate surface area is 182 Å². The van der Waals surface area contributed by atoms with E-state index < -0.39 is 11.7 Å². The Balaban J connectivity index is 1.90. The SMILES string of the molecule is Cc1ccc(-c2nn(-c3ccccc3)c3nc(-c4ccccc4)cc(C(F)(F)F)c23)cc1. The number of aromatic nitrogens is 3. The van der Waals surface area contributed by atoms with Gasteiger partial charge in [-0.15, -0.1) is 0 Å². The summed E-state index contributed by atoms with van der Waals surface area (Å²) in [6.07, 6.45) is -4.57. The molecule has 3 aromatic carbocycles. The number of alkyl halides is 3. The van der Waals surface area contributed by atoms with Crippen molar-refractivity contribution in [3.05, 3.63) is 102 Å². The molecule has 0 unspecified atom stereocenters. The number of hydrogen-bond acceptors (Lipinski definition) is 2. The summed E-state index contributed by atoms with van der Waals surface area (Å²) in [6, 6.07) is 26.4. The Morgan fingerprint density at radius 3 is 2.00 bits per heavy atom. The normalized spacial score (nSPS) is 11.8. The van der Waals surface area contributed by atoms with E-state index >= 15 is 0 Å². The van der Waals surface area contributed by atoms with Crippen LogP contribution in [0, 0.1) is 6.92 Å². The second-order valence-corrected chi connectivity index (χ2v) is 7.58. The number of fused-ring (bicyclic) bond motifs is 1. The minimum absolute atomic E-state index is 0.00936. The van der Waals surface area contributed by atoms with Crippen LogP contribution in [0.4, 0.5) is 13.2 Å². The lowest BCUT2D eigenvalue weighted by atomic mass is 10.0. The second kappa shape index (κ2) is 7.64. The van der Waals surface area contributed by atoms with E-state index in [1.54, 1.807) is 48.5 Å². The molecule has 5 rings (SSSR count). The van der Waals surface area contributed by atoms with E-state index in [1.165, 1.54) is 4.68 Å². The first-order chi connectivity index (χ1) is 15.4. The van der Waals surface area contributed by atoms with Gasteiger partial charge in [0.25, 0.3) is 0 Å². The lowest BCUT2D eigenvalue weighted by molar-refractivity contribution is -0.136. The van der Waals surface area contributed by atoms with E-state index in [-0.39, 0.29) is 22.4 Å². The van der Waals surface area contributed by atoms with Crippen LogP contribution in [0.3, 0.4) is 0 Å². The summed E-state index contributed by atoms with van der Waals surface area (Å²) in [5.74, 6) is 0. The van der Waals surface area contributed by atoms with Crippen LogP contribution in [0.5, 0.6) is 0 Å². The molecular weight excluding hydrogens is 411 g/mol. The molecule has 0 aliphatic carbocycles. The van der Waals surface area contributed by atoms with Crippen molar-refractivity contribution in [2.75, 3.05) is 0 Å². The molecule has 5 aromatic rings. The highest BCUT2D eigenvalue weighted by Crippen LogP contribution is 2.41. The van der Waals surface area contributed by atoms with Crippen molar-refractivity contribution in [3.63, 3.8) is 0 Å². The Bertz CT molecular complexity index is 1390. The Morgan fingerprint density at radius 1 is 0.750 bits per heavy atom. The van der Waals surface area contributed by atoms with E-state index in [4.69, 9.17) is 0 Å². The molecule has 0 bridgehead atoms. The molecule has 0 saturated heterocycles. The maximum absolute atomic E-state index is 14.3. The molecule has 0 saturated carbocycles. The highest BCUT2D eigenvalue weighted by Gasteiger charge is 2.36. The molecule has 0 atom stereocenters. The highest BCUT2D eigenvalue weighted by molar-refractivity contribution is 5.96. The number of rotatable bonds is 3. The van der Waals surface area contributed by atoms with Crippen molar-refractivity contribution in [1.29, 1.82) is 0 Å². The minimum atomic E-state index is -4.57. The van der Waals surface area contributed by atoms with Gasteiger partial charge < -0.3 is 0 Å². The molecule has 2 aromatic heterocycles. The number of halogens is 3. The van der Waals surface area contributed by atoms with Crippen LogP contribution in [0.2, 0.25) is 0 Å². The average Bonchev–Trinajstić information content (AvgIpc) is 3.19.